The molecule has 6 nitrogen and oxygen atoms in total. The second-order valence-corrected chi connectivity index (χ2v) is 5.58. The number of carbonyl (C=O) groups is 1. The maximum absolute atomic E-state index is 11.9. The van der Waals surface area contributed by atoms with Crippen LogP contribution in [0.25, 0.3) is 0 Å². The Kier molecular flexibility index (Phi) is 3.39. The van der Waals surface area contributed by atoms with Crippen molar-refractivity contribution in [2.75, 3.05) is 0 Å². The molecule has 7 heteroatoms. The van der Waals surface area contributed by atoms with Gasteiger partial charge in [0.1, 0.15) is 0 Å². The summed E-state index contributed by atoms with van der Waals surface area (Å²) < 4.78 is 28.1. The minimum absolute atomic E-state index is 0.0168. The number of benzene rings is 1. The summed E-state index contributed by atoms with van der Waals surface area (Å²) in [5, 5.41) is 8.99. The van der Waals surface area contributed by atoms with Gasteiger partial charge in [0, 0.05) is 6.20 Å². The van der Waals surface area contributed by atoms with E-state index in [-0.39, 0.29) is 17.8 Å². The van der Waals surface area contributed by atoms with Crippen LogP contribution in [0.15, 0.2) is 46.5 Å². The monoisotopic (exact) mass is 280 g/mol. The fraction of sp³-hybridized carbons (Fsp3) is 0.167. The van der Waals surface area contributed by atoms with Crippen LogP contribution in [-0.2, 0) is 21.5 Å². The van der Waals surface area contributed by atoms with Crippen molar-refractivity contribution in [2.24, 2.45) is 4.40 Å². The molecule has 19 heavy (non-hydrogen) atoms. The number of nitrogens with zero attached hydrogens (tertiary/aromatic N) is 2. The van der Waals surface area contributed by atoms with E-state index in [1.165, 1.54) is 6.92 Å². The molecule has 0 fully saturated rings. The van der Waals surface area contributed by atoms with Crippen molar-refractivity contribution in [1.29, 1.82) is 0 Å². The standard InChI is InChI=1S/C12H12N2O4S/c1-9-11(12(15)16)8-14(19(17,18)13-9)7-10-5-3-2-4-6-10/h2-6,8H,7H2,1H3,(H,15,16). The molecule has 1 aromatic carbocycles. The first-order valence-corrected chi connectivity index (χ1v) is 6.87. The van der Waals surface area contributed by atoms with Gasteiger partial charge in [0.2, 0.25) is 0 Å². The molecule has 0 radical (unpaired) electrons. The van der Waals surface area contributed by atoms with Gasteiger partial charge in [-0.3, -0.25) is 4.31 Å². The molecule has 0 saturated carbocycles. The lowest BCUT2D eigenvalue weighted by Gasteiger charge is -2.22. The number of hydrogen-bond acceptors (Lipinski definition) is 3. The van der Waals surface area contributed by atoms with Gasteiger partial charge in [0.05, 0.1) is 17.8 Å². The van der Waals surface area contributed by atoms with Gasteiger partial charge in [-0.15, -0.1) is 4.40 Å². The predicted molar refractivity (Wildman–Crippen MR) is 69.7 cm³/mol. The quantitative estimate of drug-likeness (QED) is 0.900. The van der Waals surface area contributed by atoms with Crippen molar-refractivity contribution in [3.63, 3.8) is 0 Å². The number of hydrogen-bond donors (Lipinski definition) is 1. The van der Waals surface area contributed by atoms with Crippen LogP contribution >= 0.6 is 0 Å². The maximum Gasteiger partial charge on any atom is 0.344 e. The third kappa shape index (κ3) is 2.82. The first kappa shape index (κ1) is 13.3. The van der Waals surface area contributed by atoms with E-state index >= 15 is 0 Å². The van der Waals surface area contributed by atoms with E-state index in [2.05, 4.69) is 4.40 Å². The molecule has 1 aliphatic rings. The van der Waals surface area contributed by atoms with Gasteiger partial charge in [0.25, 0.3) is 0 Å². The van der Waals surface area contributed by atoms with E-state index in [1.54, 1.807) is 24.3 Å². The fourth-order valence-electron chi connectivity index (χ4n) is 1.68. The van der Waals surface area contributed by atoms with E-state index in [0.29, 0.717) is 0 Å². The minimum Gasteiger partial charge on any atom is -0.478 e. The van der Waals surface area contributed by atoms with Crippen LogP contribution in [0.3, 0.4) is 0 Å². The Morgan fingerprint density at radius 2 is 1.95 bits per heavy atom. The molecular formula is C12H12N2O4S. The van der Waals surface area contributed by atoms with Gasteiger partial charge in [-0.2, -0.15) is 8.42 Å². The molecule has 2 rings (SSSR count). The topological polar surface area (TPSA) is 87.0 Å². The van der Waals surface area contributed by atoms with Crippen LogP contribution in [0.5, 0.6) is 0 Å². The Balaban J connectivity index is 2.36. The van der Waals surface area contributed by atoms with E-state index < -0.39 is 16.2 Å². The highest BCUT2D eigenvalue weighted by atomic mass is 32.2. The lowest BCUT2D eigenvalue weighted by atomic mass is 10.2. The van der Waals surface area contributed by atoms with E-state index in [1.807, 2.05) is 6.07 Å². The van der Waals surface area contributed by atoms with Crippen LogP contribution in [0, 0.1) is 0 Å². The Hall–Kier alpha value is -2.15. The Bertz CT molecular complexity index is 662. The highest BCUT2D eigenvalue weighted by molar-refractivity contribution is 7.88. The summed E-state index contributed by atoms with van der Waals surface area (Å²) in [5.74, 6) is -1.20. The first-order chi connectivity index (χ1) is 8.90. The van der Waals surface area contributed by atoms with Crippen molar-refractivity contribution < 1.29 is 18.3 Å². The maximum atomic E-state index is 11.9. The summed E-state index contributed by atoms with van der Waals surface area (Å²) in [5.41, 5.74) is 0.615. The van der Waals surface area contributed by atoms with Crippen molar-refractivity contribution in [3.05, 3.63) is 47.7 Å². The molecule has 0 aliphatic carbocycles. The fourth-order valence-corrected chi connectivity index (χ4v) is 2.78. The molecule has 0 unspecified atom stereocenters. The van der Waals surface area contributed by atoms with Crippen LogP contribution < -0.4 is 0 Å². The summed E-state index contributed by atoms with van der Waals surface area (Å²) in [6.07, 6.45) is 1.10. The third-order valence-electron chi connectivity index (χ3n) is 2.62. The smallest absolute Gasteiger partial charge is 0.344 e. The molecule has 1 N–H and O–H groups in total. The Morgan fingerprint density at radius 1 is 1.32 bits per heavy atom. The molecule has 1 heterocycles. The van der Waals surface area contributed by atoms with Crippen molar-refractivity contribution >= 4 is 21.9 Å². The predicted octanol–water partition coefficient (Wildman–Crippen LogP) is 1.18. The molecule has 0 aromatic heterocycles. The molecular weight excluding hydrogens is 268 g/mol. The number of carboxylic acids is 1. The average Bonchev–Trinajstić information content (AvgIpc) is 2.32. The molecule has 1 aliphatic heterocycles. The summed E-state index contributed by atoms with van der Waals surface area (Å²) in [6.45, 7) is 1.41. The Labute approximate surface area is 110 Å². The van der Waals surface area contributed by atoms with Crippen LogP contribution in [0.4, 0.5) is 0 Å². The van der Waals surface area contributed by atoms with Crippen LogP contribution in [0.1, 0.15) is 12.5 Å². The zero-order chi connectivity index (χ0) is 14.0. The van der Waals surface area contributed by atoms with E-state index in [9.17, 15) is 13.2 Å². The van der Waals surface area contributed by atoms with Crippen molar-refractivity contribution in [2.45, 2.75) is 13.5 Å². The summed E-state index contributed by atoms with van der Waals surface area (Å²) in [4.78, 5) is 11.0. The van der Waals surface area contributed by atoms with Crippen molar-refractivity contribution in [3.8, 4) is 0 Å². The third-order valence-corrected chi connectivity index (χ3v) is 3.95. The van der Waals surface area contributed by atoms with Gasteiger partial charge in [-0.25, -0.2) is 4.79 Å². The van der Waals surface area contributed by atoms with Gasteiger partial charge in [-0.05, 0) is 12.5 Å². The van der Waals surface area contributed by atoms with Crippen LogP contribution in [0.2, 0.25) is 0 Å². The largest absolute Gasteiger partial charge is 0.478 e. The van der Waals surface area contributed by atoms with Gasteiger partial charge >= 0.3 is 16.2 Å². The first-order valence-electron chi connectivity index (χ1n) is 5.48. The minimum atomic E-state index is -3.86. The molecule has 0 spiro atoms. The highest BCUT2D eigenvalue weighted by Gasteiger charge is 2.27. The molecule has 100 valence electrons. The lowest BCUT2D eigenvalue weighted by molar-refractivity contribution is -0.132. The van der Waals surface area contributed by atoms with E-state index in [4.69, 9.17) is 5.11 Å². The lowest BCUT2D eigenvalue weighted by Crippen LogP contribution is -2.31. The van der Waals surface area contributed by atoms with Crippen molar-refractivity contribution in [1.82, 2.24) is 4.31 Å². The van der Waals surface area contributed by atoms with Gasteiger partial charge < -0.3 is 5.11 Å². The molecule has 1 aromatic rings. The number of aliphatic carboxylic acids is 1. The highest BCUT2D eigenvalue weighted by Crippen LogP contribution is 2.19. The SMILES string of the molecule is CC1=NS(=O)(=O)N(Cc2ccccc2)C=C1C(=O)O. The average molecular weight is 280 g/mol. The van der Waals surface area contributed by atoms with E-state index in [0.717, 1.165) is 16.1 Å². The zero-order valence-corrected chi connectivity index (χ0v) is 11.0. The second-order valence-electron chi connectivity index (χ2n) is 4.03. The summed E-state index contributed by atoms with van der Waals surface area (Å²) >= 11 is 0. The Morgan fingerprint density at radius 3 is 2.53 bits per heavy atom. The zero-order valence-electron chi connectivity index (χ0n) is 10.1. The summed E-state index contributed by atoms with van der Waals surface area (Å²) in [6, 6.07) is 8.89. The van der Waals surface area contributed by atoms with Gasteiger partial charge in [0.15, 0.2) is 0 Å². The number of rotatable bonds is 3. The molecule has 0 amide bonds. The molecule has 0 atom stereocenters. The summed E-state index contributed by atoms with van der Waals surface area (Å²) in [7, 11) is -3.86. The second kappa shape index (κ2) is 4.85. The number of carboxylic acid groups (broad SMARTS) is 1. The van der Waals surface area contributed by atoms with Crippen LogP contribution in [-0.4, -0.2) is 29.5 Å². The molecule has 0 saturated heterocycles. The normalized spacial score (nSPS) is 17.6. The molecule has 0 bridgehead atoms. The van der Waals surface area contributed by atoms with Gasteiger partial charge in [-0.1, -0.05) is 30.3 Å².